The van der Waals surface area contributed by atoms with Crippen LogP contribution in [-0.2, 0) is 18.4 Å². The lowest BCUT2D eigenvalue weighted by atomic mass is 9.89. The fraction of sp³-hybridized carbons (Fsp3) is 0.667. The number of nitrogens with zero attached hydrogens (tertiary/aromatic N) is 3. The van der Waals surface area contributed by atoms with E-state index in [4.69, 9.17) is 5.11 Å². The SMILES string of the molecule is CN(CCC(C)(C)C(=O)O)Cc1nccn1C. The Labute approximate surface area is 102 Å². The third kappa shape index (κ3) is 3.85. The summed E-state index contributed by atoms with van der Waals surface area (Å²) in [4.78, 5) is 17.3. The molecule has 1 N–H and O–H groups in total. The van der Waals surface area contributed by atoms with Crippen molar-refractivity contribution in [3.63, 3.8) is 0 Å². The van der Waals surface area contributed by atoms with Gasteiger partial charge in [-0.2, -0.15) is 0 Å². The molecular weight excluding hydrogens is 218 g/mol. The second-order valence-electron chi connectivity index (χ2n) is 5.13. The minimum atomic E-state index is -0.747. The van der Waals surface area contributed by atoms with Gasteiger partial charge in [0.05, 0.1) is 12.0 Å². The highest BCUT2D eigenvalue weighted by molar-refractivity contribution is 5.73. The molecule has 0 aliphatic rings. The Morgan fingerprint density at radius 3 is 2.71 bits per heavy atom. The molecule has 0 radical (unpaired) electrons. The summed E-state index contributed by atoms with van der Waals surface area (Å²) in [5.41, 5.74) is -0.671. The van der Waals surface area contributed by atoms with E-state index in [0.29, 0.717) is 6.42 Å². The van der Waals surface area contributed by atoms with Crippen molar-refractivity contribution in [1.29, 1.82) is 0 Å². The predicted molar refractivity (Wildman–Crippen MR) is 65.6 cm³/mol. The minimum absolute atomic E-state index is 0.628. The van der Waals surface area contributed by atoms with Gasteiger partial charge < -0.3 is 9.67 Å². The van der Waals surface area contributed by atoms with Crippen molar-refractivity contribution in [2.45, 2.75) is 26.8 Å². The summed E-state index contributed by atoms with van der Waals surface area (Å²) in [7, 11) is 3.93. The Hall–Kier alpha value is -1.36. The van der Waals surface area contributed by atoms with Crippen molar-refractivity contribution in [2.24, 2.45) is 12.5 Å². The van der Waals surface area contributed by atoms with Gasteiger partial charge in [0.25, 0.3) is 0 Å². The molecule has 0 unspecified atom stereocenters. The molecule has 0 saturated carbocycles. The Morgan fingerprint density at radius 1 is 1.59 bits per heavy atom. The maximum absolute atomic E-state index is 11.0. The van der Waals surface area contributed by atoms with E-state index in [1.54, 1.807) is 20.0 Å². The van der Waals surface area contributed by atoms with Gasteiger partial charge in [0, 0.05) is 19.4 Å². The molecule has 0 amide bonds. The van der Waals surface area contributed by atoms with Gasteiger partial charge in [-0.05, 0) is 33.9 Å². The van der Waals surface area contributed by atoms with Crippen LogP contribution in [-0.4, -0.2) is 39.1 Å². The van der Waals surface area contributed by atoms with Crippen LogP contribution in [0.25, 0.3) is 0 Å². The molecule has 1 aromatic rings. The van der Waals surface area contributed by atoms with Crippen LogP contribution in [0.1, 0.15) is 26.1 Å². The molecule has 0 atom stereocenters. The van der Waals surface area contributed by atoms with Crippen LogP contribution in [0, 0.1) is 5.41 Å². The van der Waals surface area contributed by atoms with Crippen LogP contribution in [0.15, 0.2) is 12.4 Å². The van der Waals surface area contributed by atoms with Crippen molar-refractivity contribution in [1.82, 2.24) is 14.5 Å². The number of hydrogen-bond acceptors (Lipinski definition) is 3. The largest absolute Gasteiger partial charge is 0.481 e. The molecule has 1 rings (SSSR count). The van der Waals surface area contributed by atoms with E-state index in [1.165, 1.54) is 0 Å². The highest BCUT2D eigenvalue weighted by Crippen LogP contribution is 2.20. The van der Waals surface area contributed by atoms with E-state index >= 15 is 0 Å². The molecular formula is C12H21N3O2. The molecule has 0 aliphatic carbocycles. The lowest BCUT2D eigenvalue weighted by Gasteiger charge is -2.23. The highest BCUT2D eigenvalue weighted by atomic mass is 16.4. The molecule has 17 heavy (non-hydrogen) atoms. The van der Waals surface area contributed by atoms with Gasteiger partial charge in [-0.15, -0.1) is 0 Å². The molecule has 0 saturated heterocycles. The average Bonchev–Trinajstić information content (AvgIpc) is 2.61. The monoisotopic (exact) mass is 239 g/mol. The maximum Gasteiger partial charge on any atom is 0.309 e. The fourth-order valence-corrected chi connectivity index (χ4v) is 1.45. The normalized spacial score (nSPS) is 12.1. The van der Waals surface area contributed by atoms with E-state index in [-0.39, 0.29) is 0 Å². The fourth-order valence-electron chi connectivity index (χ4n) is 1.45. The van der Waals surface area contributed by atoms with Crippen molar-refractivity contribution in [3.8, 4) is 0 Å². The first kappa shape index (κ1) is 13.7. The Bertz CT molecular complexity index is 385. The standard InChI is InChI=1S/C12H21N3O2/c1-12(2,11(16)17)5-7-14(3)9-10-13-6-8-15(10)4/h6,8H,5,7,9H2,1-4H3,(H,16,17). The summed E-state index contributed by atoms with van der Waals surface area (Å²) in [5.74, 6) is 0.239. The third-order valence-electron chi connectivity index (χ3n) is 3.03. The van der Waals surface area contributed by atoms with E-state index < -0.39 is 11.4 Å². The molecule has 0 aromatic carbocycles. The first-order valence-electron chi connectivity index (χ1n) is 5.71. The molecule has 0 aliphatic heterocycles. The van der Waals surface area contributed by atoms with Gasteiger partial charge in [-0.25, -0.2) is 4.98 Å². The summed E-state index contributed by atoms with van der Waals surface area (Å²) in [6.45, 7) is 4.99. The third-order valence-corrected chi connectivity index (χ3v) is 3.03. The number of rotatable bonds is 6. The first-order chi connectivity index (χ1) is 7.83. The van der Waals surface area contributed by atoms with Crippen LogP contribution < -0.4 is 0 Å². The van der Waals surface area contributed by atoms with Crippen molar-refractivity contribution < 1.29 is 9.90 Å². The second-order valence-corrected chi connectivity index (χ2v) is 5.13. The zero-order valence-electron chi connectivity index (χ0n) is 11.0. The number of aromatic nitrogens is 2. The maximum atomic E-state index is 11.0. The number of carbonyl (C=O) groups is 1. The molecule has 5 nitrogen and oxygen atoms in total. The quantitative estimate of drug-likeness (QED) is 0.814. The number of carboxylic acid groups (broad SMARTS) is 1. The lowest BCUT2D eigenvalue weighted by molar-refractivity contribution is -0.147. The summed E-state index contributed by atoms with van der Waals surface area (Å²) < 4.78 is 1.97. The Morgan fingerprint density at radius 2 is 2.24 bits per heavy atom. The van der Waals surface area contributed by atoms with Gasteiger partial charge >= 0.3 is 5.97 Å². The van der Waals surface area contributed by atoms with Gasteiger partial charge in [-0.1, -0.05) is 0 Å². The van der Waals surface area contributed by atoms with Crippen LogP contribution in [0.4, 0.5) is 0 Å². The van der Waals surface area contributed by atoms with Gasteiger partial charge in [0.15, 0.2) is 0 Å². The molecule has 1 heterocycles. The minimum Gasteiger partial charge on any atom is -0.481 e. The first-order valence-corrected chi connectivity index (χ1v) is 5.71. The predicted octanol–water partition coefficient (Wildman–Crippen LogP) is 1.35. The van der Waals surface area contributed by atoms with Crippen molar-refractivity contribution >= 4 is 5.97 Å². The van der Waals surface area contributed by atoms with Crippen LogP contribution >= 0.6 is 0 Å². The zero-order chi connectivity index (χ0) is 13.1. The molecule has 5 heteroatoms. The van der Waals surface area contributed by atoms with Crippen LogP contribution in [0.5, 0.6) is 0 Å². The van der Waals surface area contributed by atoms with Gasteiger partial charge in [0.2, 0.25) is 0 Å². The Balaban J connectivity index is 2.43. The molecule has 1 aromatic heterocycles. The van der Waals surface area contributed by atoms with Crippen LogP contribution in [0.3, 0.4) is 0 Å². The van der Waals surface area contributed by atoms with E-state index in [9.17, 15) is 4.79 Å². The summed E-state index contributed by atoms with van der Waals surface area (Å²) >= 11 is 0. The zero-order valence-corrected chi connectivity index (χ0v) is 11.0. The summed E-state index contributed by atoms with van der Waals surface area (Å²) in [6, 6.07) is 0. The summed E-state index contributed by atoms with van der Waals surface area (Å²) in [5, 5.41) is 9.02. The number of aliphatic carboxylic acids is 1. The average molecular weight is 239 g/mol. The van der Waals surface area contributed by atoms with E-state index in [0.717, 1.165) is 18.9 Å². The lowest BCUT2D eigenvalue weighted by Crippen LogP contribution is -2.30. The molecule has 96 valence electrons. The number of hydrogen-bond donors (Lipinski definition) is 1. The second kappa shape index (κ2) is 5.31. The smallest absolute Gasteiger partial charge is 0.309 e. The van der Waals surface area contributed by atoms with Crippen LogP contribution in [0.2, 0.25) is 0 Å². The number of imidazole rings is 1. The highest BCUT2D eigenvalue weighted by Gasteiger charge is 2.26. The van der Waals surface area contributed by atoms with Gasteiger partial charge in [0.1, 0.15) is 5.82 Å². The van der Waals surface area contributed by atoms with Gasteiger partial charge in [-0.3, -0.25) is 9.69 Å². The topological polar surface area (TPSA) is 58.4 Å². The van der Waals surface area contributed by atoms with Crippen molar-refractivity contribution in [3.05, 3.63) is 18.2 Å². The molecule has 0 spiro atoms. The summed E-state index contributed by atoms with van der Waals surface area (Å²) in [6.07, 6.45) is 4.30. The van der Waals surface area contributed by atoms with Crippen molar-refractivity contribution in [2.75, 3.05) is 13.6 Å². The molecule has 0 fully saturated rings. The Kier molecular flexibility index (Phi) is 4.28. The van der Waals surface area contributed by atoms with E-state index in [2.05, 4.69) is 9.88 Å². The number of aryl methyl sites for hydroxylation is 1. The molecule has 0 bridgehead atoms. The number of carboxylic acids is 1. The van der Waals surface area contributed by atoms with E-state index in [1.807, 2.05) is 24.9 Å².